The zero-order chi connectivity index (χ0) is 17.0. The van der Waals surface area contributed by atoms with E-state index in [4.69, 9.17) is 0 Å². The normalized spacial score (nSPS) is 18.1. The Morgan fingerprint density at radius 1 is 1.43 bits per heavy atom. The fourth-order valence-electron chi connectivity index (χ4n) is 2.68. The van der Waals surface area contributed by atoms with Crippen LogP contribution in [0.5, 0.6) is 0 Å². The van der Waals surface area contributed by atoms with E-state index in [-0.39, 0.29) is 18.9 Å². The highest BCUT2D eigenvalue weighted by Gasteiger charge is 2.42. The molecule has 2 rings (SSSR count). The van der Waals surface area contributed by atoms with Gasteiger partial charge in [0.05, 0.1) is 19.6 Å². The number of alkyl halides is 3. The highest BCUT2D eigenvalue weighted by molar-refractivity contribution is 5.69. The molecule has 0 saturated carbocycles. The second kappa shape index (κ2) is 7.29. The van der Waals surface area contributed by atoms with E-state index >= 15 is 0 Å². The van der Waals surface area contributed by atoms with Gasteiger partial charge in [-0.25, -0.2) is 0 Å². The largest absolute Gasteiger partial charge is 0.469 e. The Morgan fingerprint density at radius 2 is 2.17 bits per heavy atom. The minimum absolute atomic E-state index is 0.0661. The van der Waals surface area contributed by atoms with Gasteiger partial charge in [0.2, 0.25) is 0 Å². The van der Waals surface area contributed by atoms with Crippen molar-refractivity contribution in [2.45, 2.75) is 44.9 Å². The third-order valence-corrected chi connectivity index (χ3v) is 4.05. The standard InChI is InChI=1S/C14H21F3N4O2/c1-20(7-3-4-13(22)23-2)9-12-19-18-11-6-5-10(8-21(11)12)14(15,16)17/h10H,3-9H2,1-2H3. The number of ether oxygens (including phenoxy) is 1. The molecule has 6 nitrogen and oxygen atoms in total. The third-order valence-electron chi connectivity index (χ3n) is 4.05. The number of esters is 1. The molecule has 1 aromatic rings. The Hall–Kier alpha value is -1.64. The molecule has 1 aliphatic rings. The van der Waals surface area contributed by atoms with Gasteiger partial charge >= 0.3 is 12.1 Å². The topological polar surface area (TPSA) is 60.2 Å². The highest BCUT2D eigenvalue weighted by atomic mass is 19.4. The van der Waals surface area contributed by atoms with Crippen LogP contribution in [0.3, 0.4) is 0 Å². The average Bonchev–Trinajstić information content (AvgIpc) is 2.88. The van der Waals surface area contributed by atoms with Crippen LogP contribution in [0.4, 0.5) is 13.2 Å². The summed E-state index contributed by atoms with van der Waals surface area (Å²) in [5, 5.41) is 8.02. The fraction of sp³-hybridized carbons (Fsp3) is 0.786. The van der Waals surface area contributed by atoms with Gasteiger partial charge in [-0.15, -0.1) is 10.2 Å². The molecule has 0 bridgehead atoms. The van der Waals surface area contributed by atoms with E-state index < -0.39 is 12.1 Å². The Balaban J connectivity index is 1.92. The quantitative estimate of drug-likeness (QED) is 0.742. The number of halogens is 3. The minimum atomic E-state index is -4.19. The van der Waals surface area contributed by atoms with Gasteiger partial charge in [-0.1, -0.05) is 0 Å². The Bertz CT molecular complexity index is 545. The van der Waals surface area contributed by atoms with Crippen LogP contribution in [0.25, 0.3) is 0 Å². The number of carbonyl (C=O) groups excluding carboxylic acids is 1. The molecular formula is C14H21F3N4O2. The van der Waals surface area contributed by atoms with E-state index in [9.17, 15) is 18.0 Å². The second-order valence-electron chi connectivity index (χ2n) is 5.84. The summed E-state index contributed by atoms with van der Waals surface area (Å²) in [4.78, 5) is 13.0. The van der Waals surface area contributed by atoms with E-state index in [1.54, 1.807) is 4.57 Å². The average molecular weight is 334 g/mol. The Morgan fingerprint density at radius 3 is 2.83 bits per heavy atom. The van der Waals surface area contributed by atoms with Gasteiger partial charge in [0.15, 0.2) is 0 Å². The molecule has 1 unspecified atom stereocenters. The molecule has 0 radical (unpaired) electrons. The first kappa shape index (κ1) is 17.7. The van der Waals surface area contributed by atoms with Crippen molar-refractivity contribution in [3.8, 4) is 0 Å². The molecule has 0 spiro atoms. The summed E-state index contributed by atoms with van der Waals surface area (Å²) in [5.41, 5.74) is 0. The molecule has 23 heavy (non-hydrogen) atoms. The lowest BCUT2D eigenvalue weighted by Crippen LogP contribution is -2.33. The third kappa shape index (κ3) is 4.66. The van der Waals surface area contributed by atoms with Gasteiger partial charge in [0, 0.05) is 19.4 Å². The predicted molar refractivity (Wildman–Crippen MR) is 75.5 cm³/mol. The van der Waals surface area contributed by atoms with Crippen LogP contribution in [0, 0.1) is 5.92 Å². The number of hydrogen-bond donors (Lipinski definition) is 0. The number of nitrogens with zero attached hydrogens (tertiary/aromatic N) is 4. The fourth-order valence-corrected chi connectivity index (χ4v) is 2.68. The van der Waals surface area contributed by atoms with E-state index in [1.165, 1.54) is 7.11 Å². The first-order valence-corrected chi connectivity index (χ1v) is 7.54. The van der Waals surface area contributed by atoms with E-state index in [0.29, 0.717) is 44.0 Å². The molecule has 0 amide bonds. The van der Waals surface area contributed by atoms with E-state index in [2.05, 4.69) is 14.9 Å². The van der Waals surface area contributed by atoms with Crippen LogP contribution < -0.4 is 0 Å². The number of methoxy groups -OCH3 is 1. The summed E-state index contributed by atoms with van der Waals surface area (Å²) < 4.78 is 44.9. The maximum atomic E-state index is 12.9. The van der Waals surface area contributed by atoms with E-state index in [1.807, 2.05) is 11.9 Å². The monoisotopic (exact) mass is 334 g/mol. The molecule has 1 aliphatic heterocycles. The van der Waals surface area contributed by atoms with Crippen molar-refractivity contribution < 1.29 is 22.7 Å². The first-order valence-electron chi connectivity index (χ1n) is 7.54. The van der Waals surface area contributed by atoms with Crippen LogP contribution in [0.2, 0.25) is 0 Å². The van der Waals surface area contributed by atoms with Crippen LogP contribution in [0.15, 0.2) is 0 Å². The van der Waals surface area contributed by atoms with Crippen LogP contribution in [0.1, 0.15) is 30.9 Å². The van der Waals surface area contributed by atoms with Crippen molar-refractivity contribution in [1.29, 1.82) is 0 Å². The van der Waals surface area contributed by atoms with Crippen molar-refractivity contribution in [3.05, 3.63) is 11.6 Å². The molecule has 1 aromatic heterocycles. The van der Waals surface area contributed by atoms with Crippen LogP contribution >= 0.6 is 0 Å². The predicted octanol–water partition coefficient (Wildman–Crippen LogP) is 1.79. The van der Waals surface area contributed by atoms with Gasteiger partial charge in [0.25, 0.3) is 0 Å². The number of carbonyl (C=O) groups is 1. The molecule has 9 heteroatoms. The number of aryl methyl sites for hydroxylation is 1. The molecule has 0 fully saturated rings. The summed E-state index contributed by atoms with van der Waals surface area (Å²) >= 11 is 0. The van der Waals surface area contributed by atoms with Crippen molar-refractivity contribution in [1.82, 2.24) is 19.7 Å². The molecule has 130 valence electrons. The number of aromatic nitrogens is 3. The lowest BCUT2D eigenvalue weighted by molar-refractivity contribution is -0.182. The van der Waals surface area contributed by atoms with Gasteiger partial charge in [-0.2, -0.15) is 13.2 Å². The summed E-state index contributed by atoms with van der Waals surface area (Å²) in [6.45, 7) is 0.913. The van der Waals surface area contributed by atoms with Gasteiger partial charge < -0.3 is 9.30 Å². The molecule has 0 aromatic carbocycles. The second-order valence-corrected chi connectivity index (χ2v) is 5.84. The highest BCUT2D eigenvalue weighted by Crippen LogP contribution is 2.34. The molecule has 0 N–H and O–H groups in total. The SMILES string of the molecule is COC(=O)CCCN(C)Cc1nnc2n1CC(C(F)(F)F)CC2. The maximum absolute atomic E-state index is 12.9. The van der Waals surface area contributed by atoms with E-state index in [0.717, 1.165) is 0 Å². The zero-order valence-corrected chi connectivity index (χ0v) is 13.3. The maximum Gasteiger partial charge on any atom is 0.393 e. The minimum Gasteiger partial charge on any atom is -0.469 e. The van der Waals surface area contributed by atoms with Gasteiger partial charge in [-0.05, 0) is 26.4 Å². The lowest BCUT2D eigenvalue weighted by Gasteiger charge is -2.27. The van der Waals surface area contributed by atoms with Crippen LogP contribution in [-0.4, -0.2) is 52.5 Å². The summed E-state index contributed by atoms with van der Waals surface area (Å²) in [6, 6.07) is 0. The Labute approximate surface area is 132 Å². The lowest BCUT2D eigenvalue weighted by atomic mass is 9.99. The van der Waals surface area contributed by atoms with Crippen molar-refractivity contribution in [2.75, 3.05) is 20.7 Å². The van der Waals surface area contributed by atoms with Crippen molar-refractivity contribution in [3.63, 3.8) is 0 Å². The smallest absolute Gasteiger partial charge is 0.393 e. The zero-order valence-electron chi connectivity index (χ0n) is 13.3. The number of hydrogen-bond acceptors (Lipinski definition) is 5. The van der Waals surface area contributed by atoms with Crippen molar-refractivity contribution >= 4 is 5.97 Å². The summed E-state index contributed by atoms with van der Waals surface area (Å²) in [6.07, 6.45) is -2.89. The summed E-state index contributed by atoms with van der Waals surface area (Å²) in [5.74, 6) is -0.460. The summed E-state index contributed by atoms with van der Waals surface area (Å²) in [7, 11) is 3.18. The van der Waals surface area contributed by atoms with Gasteiger partial charge in [-0.3, -0.25) is 9.69 Å². The van der Waals surface area contributed by atoms with Gasteiger partial charge in [0.1, 0.15) is 11.6 Å². The van der Waals surface area contributed by atoms with Crippen molar-refractivity contribution in [2.24, 2.45) is 5.92 Å². The molecule has 2 heterocycles. The number of rotatable bonds is 6. The molecule has 0 saturated heterocycles. The number of fused-ring (bicyclic) bond motifs is 1. The Kier molecular flexibility index (Phi) is 5.61. The molecular weight excluding hydrogens is 313 g/mol. The van der Waals surface area contributed by atoms with Crippen LogP contribution in [-0.2, 0) is 29.0 Å². The molecule has 0 aliphatic carbocycles. The molecule has 1 atom stereocenters. The first-order chi connectivity index (χ1) is 10.8.